The van der Waals surface area contributed by atoms with Gasteiger partial charge in [0.2, 0.25) is 0 Å². The number of rotatable bonds is 7. The van der Waals surface area contributed by atoms with E-state index in [9.17, 15) is 15.0 Å². The zero-order valence-corrected chi connectivity index (χ0v) is 11.2. The van der Waals surface area contributed by atoms with Crippen LogP contribution in [0.4, 0.5) is 0 Å². The molecule has 1 rings (SSSR count). The smallest absolute Gasteiger partial charge is 0.335 e. The molecule has 0 saturated carbocycles. The summed E-state index contributed by atoms with van der Waals surface area (Å²) in [6.45, 7) is -0.296. The fourth-order valence-electron chi connectivity index (χ4n) is 1.84. The summed E-state index contributed by atoms with van der Waals surface area (Å²) in [7, 11) is 2.63. The Bertz CT molecular complexity index is 447. The molecule has 0 aliphatic heterocycles. The average Bonchev–Trinajstić information content (AvgIpc) is 2.44. The maximum absolute atomic E-state index is 11.0. The van der Waals surface area contributed by atoms with Crippen molar-refractivity contribution >= 4 is 5.97 Å². The molecule has 20 heavy (non-hydrogen) atoms. The van der Waals surface area contributed by atoms with Crippen molar-refractivity contribution in [2.24, 2.45) is 0 Å². The minimum Gasteiger partial charge on any atom is -0.496 e. The molecule has 0 bridgehead atoms. The number of ether oxygens (including phenoxy) is 2. The highest BCUT2D eigenvalue weighted by molar-refractivity contribution is 5.89. The van der Waals surface area contributed by atoms with Gasteiger partial charge in [0, 0.05) is 6.61 Å². The van der Waals surface area contributed by atoms with Crippen LogP contribution in [0, 0.1) is 0 Å². The Balaban J connectivity index is 3.32. The fourth-order valence-corrected chi connectivity index (χ4v) is 1.84. The normalized spacial score (nSPS) is 13.7. The number of aliphatic hydroxyl groups excluding tert-OH is 3. The van der Waals surface area contributed by atoms with Gasteiger partial charge in [-0.25, -0.2) is 4.79 Å². The van der Waals surface area contributed by atoms with E-state index in [-0.39, 0.29) is 35.7 Å². The van der Waals surface area contributed by atoms with Crippen LogP contribution in [0.1, 0.15) is 28.4 Å². The van der Waals surface area contributed by atoms with Gasteiger partial charge in [-0.1, -0.05) is 0 Å². The number of carboxylic acid groups (broad SMARTS) is 1. The Labute approximate surface area is 116 Å². The number of hydrogen-bond acceptors (Lipinski definition) is 6. The molecule has 7 heteroatoms. The van der Waals surface area contributed by atoms with Crippen molar-refractivity contribution < 1.29 is 34.7 Å². The molecule has 0 spiro atoms. The number of aromatic carboxylic acids is 1. The minimum absolute atomic E-state index is 0.0336. The third-order valence-corrected chi connectivity index (χ3v) is 2.88. The predicted octanol–water partition coefficient (Wildman–Crippen LogP) is 0.179. The van der Waals surface area contributed by atoms with Crippen LogP contribution in [0.25, 0.3) is 0 Å². The van der Waals surface area contributed by atoms with Gasteiger partial charge in [0.25, 0.3) is 0 Å². The van der Waals surface area contributed by atoms with Gasteiger partial charge in [-0.2, -0.15) is 0 Å². The first-order chi connectivity index (χ1) is 9.46. The molecule has 0 heterocycles. The van der Waals surface area contributed by atoms with Crippen LogP contribution < -0.4 is 9.47 Å². The summed E-state index contributed by atoms with van der Waals surface area (Å²) in [5.41, 5.74) is 0.0762. The molecule has 0 aromatic heterocycles. The Morgan fingerprint density at radius 1 is 1.20 bits per heavy atom. The van der Waals surface area contributed by atoms with Crippen LogP contribution >= 0.6 is 0 Å². The summed E-state index contributed by atoms with van der Waals surface area (Å²) < 4.78 is 10.1. The molecular formula is C13H18O7. The molecule has 0 fully saturated rings. The predicted molar refractivity (Wildman–Crippen MR) is 69.2 cm³/mol. The molecule has 2 unspecified atom stereocenters. The van der Waals surface area contributed by atoms with Crippen molar-refractivity contribution in [3.8, 4) is 11.5 Å². The van der Waals surface area contributed by atoms with E-state index in [1.165, 1.54) is 26.4 Å². The molecule has 7 nitrogen and oxygen atoms in total. The SMILES string of the molecule is COc1cc(C(=O)O)cc(OC)c1C(O)C(O)CCO. The molecule has 0 saturated heterocycles. The number of carboxylic acids is 1. The molecule has 112 valence electrons. The summed E-state index contributed by atoms with van der Waals surface area (Å²) in [5, 5.41) is 37.6. The summed E-state index contributed by atoms with van der Waals surface area (Å²) in [6, 6.07) is 2.46. The Morgan fingerprint density at radius 3 is 2.05 bits per heavy atom. The van der Waals surface area contributed by atoms with E-state index in [4.69, 9.17) is 19.7 Å². The first kappa shape index (κ1) is 16.2. The highest BCUT2D eigenvalue weighted by Gasteiger charge is 2.27. The van der Waals surface area contributed by atoms with Gasteiger partial charge in [0.15, 0.2) is 0 Å². The summed E-state index contributed by atoms with van der Waals surface area (Å²) in [4.78, 5) is 11.0. The van der Waals surface area contributed by atoms with Gasteiger partial charge < -0.3 is 29.9 Å². The average molecular weight is 286 g/mol. The molecular weight excluding hydrogens is 268 g/mol. The molecule has 0 aliphatic rings. The molecule has 2 atom stereocenters. The van der Waals surface area contributed by atoms with E-state index in [1.807, 2.05) is 0 Å². The number of aliphatic hydroxyl groups is 3. The van der Waals surface area contributed by atoms with Crippen LogP contribution in [-0.4, -0.2) is 53.3 Å². The van der Waals surface area contributed by atoms with Crippen molar-refractivity contribution in [1.29, 1.82) is 0 Å². The van der Waals surface area contributed by atoms with E-state index in [0.29, 0.717) is 0 Å². The first-order valence-corrected chi connectivity index (χ1v) is 5.92. The van der Waals surface area contributed by atoms with E-state index < -0.39 is 18.2 Å². The van der Waals surface area contributed by atoms with E-state index >= 15 is 0 Å². The third kappa shape index (κ3) is 3.38. The fraction of sp³-hybridized carbons (Fsp3) is 0.462. The number of methoxy groups -OCH3 is 2. The quantitative estimate of drug-likeness (QED) is 0.565. The highest BCUT2D eigenvalue weighted by atomic mass is 16.5. The topological polar surface area (TPSA) is 116 Å². The Hall–Kier alpha value is -1.83. The minimum atomic E-state index is -1.37. The monoisotopic (exact) mass is 286 g/mol. The van der Waals surface area contributed by atoms with Crippen LogP contribution in [0.3, 0.4) is 0 Å². The molecule has 1 aromatic carbocycles. The number of hydrogen-bond donors (Lipinski definition) is 4. The van der Waals surface area contributed by atoms with Gasteiger partial charge in [-0.05, 0) is 18.6 Å². The molecule has 4 N–H and O–H groups in total. The molecule has 0 amide bonds. The lowest BCUT2D eigenvalue weighted by molar-refractivity contribution is 0.00180. The second-order valence-corrected chi connectivity index (χ2v) is 4.12. The van der Waals surface area contributed by atoms with Gasteiger partial charge in [-0.3, -0.25) is 0 Å². The van der Waals surface area contributed by atoms with Crippen molar-refractivity contribution in [3.05, 3.63) is 23.3 Å². The second kappa shape index (κ2) is 7.09. The number of benzene rings is 1. The van der Waals surface area contributed by atoms with Crippen LogP contribution in [0.5, 0.6) is 11.5 Å². The van der Waals surface area contributed by atoms with Gasteiger partial charge in [-0.15, -0.1) is 0 Å². The zero-order chi connectivity index (χ0) is 15.3. The van der Waals surface area contributed by atoms with Crippen molar-refractivity contribution in [2.45, 2.75) is 18.6 Å². The van der Waals surface area contributed by atoms with Crippen molar-refractivity contribution in [2.75, 3.05) is 20.8 Å². The lowest BCUT2D eigenvalue weighted by Gasteiger charge is -2.22. The van der Waals surface area contributed by atoms with Crippen molar-refractivity contribution in [1.82, 2.24) is 0 Å². The lowest BCUT2D eigenvalue weighted by Crippen LogP contribution is -2.21. The first-order valence-electron chi connectivity index (χ1n) is 5.92. The molecule has 1 aromatic rings. The van der Waals surface area contributed by atoms with Gasteiger partial charge in [0.1, 0.15) is 17.6 Å². The third-order valence-electron chi connectivity index (χ3n) is 2.88. The molecule has 0 radical (unpaired) electrons. The lowest BCUT2D eigenvalue weighted by atomic mass is 9.98. The summed E-state index contributed by atoms with van der Waals surface area (Å²) in [6.07, 6.45) is -2.62. The van der Waals surface area contributed by atoms with Crippen LogP contribution in [0.2, 0.25) is 0 Å². The Kier molecular flexibility index (Phi) is 5.75. The summed E-state index contributed by atoms with van der Waals surface area (Å²) in [5.74, 6) is -0.990. The largest absolute Gasteiger partial charge is 0.496 e. The highest BCUT2D eigenvalue weighted by Crippen LogP contribution is 2.37. The standard InChI is InChI=1S/C13H18O7/c1-19-9-5-7(13(17)18)6-10(20-2)11(9)12(16)8(15)3-4-14/h5-6,8,12,14-16H,3-4H2,1-2H3,(H,17,18). The zero-order valence-electron chi connectivity index (χ0n) is 11.2. The number of carbonyl (C=O) groups is 1. The van der Waals surface area contributed by atoms with Crippen LogP contribution in [0.15, 0.2) is 12.1 Å². The second-order valence-electron chi connectivity index (χ2n) is 4.12. The van der Waals surface area contributed by atoms with Gasteiger partial charge >= 0.3 is 5.97 Å². The van der Waals surface area contributed by atoms with E-state index in [0.717, 1.165) is 0 Å². The van der Waals surface area contributed by atoms with Crippen LogP contribution in [-0.2, 0) is 0 Å². The van der Waals surface area contributed by atoms with Gasteiger partial charge in [0.05, 0.1) is 31.5 Å². The van der Waals surface area contributed by atoms with E-state index in [1.54, 1.807) is 0 Å². The van der Waals surface area contributed by atoms with E-state index in [2.05, 4.69) is 0 Å². The molecule has 0 aliphatic carbocycles. The summed E-state index contributed by atoms with van der Waals surface area (Å²) >= 11 is 0. The van der Waals surface area contributed by atoms with Crippen molar-refractivity contribution in [3.63, 3.8) is 0 Å². The maximum Gasteiger partial charge on any atom is 0.335 e. The maximum atomic E-state index is 11.0. The Morgan fingerprint density at radius 2 is 1.70 bits per heavy atom.